The van der Waals surface area contributed by atoms with E-state index in [1.807, 2.05) is 30.4 Å². The molecule has 0 atom stereocenters. The van der Waals surface area contributed by atoms with Crippen LogP contribution in [0, 0.1) is 24.0 Å². The van der Waals surface area contributed by atoms with Gasteiger partial charge in [-0.2, -0.15) is 0 Å². The lowest BCUT2D eigenvalue weighted by molar-refractivity contribution is -0.384. The van der Waals surface area contributed by atoms with E-state index >= 15 is 0 Å². The summed E-state index contributed by atoms with van der Waals surface area (Å²) in [5.41, 5.74) is 2.70. The molecule has 160 valence electrons. The molecule has 0 amide bonds. The molecule has 0 spiro atoms. The molecule has 2 aromatic rings. The SMILES string of the molecule is Cc1cc(C(=O)COC(=O)c2ccc(N3CCCCCC3)c([N+](=O)[O-])c2)c(C)n1C. The number of nitro groups is 1. The first-order valence-electron chi connectivity index (χ1n) is 10.2. The van der Waals surface area contributed by atoms with Gasteiger partial charge in [-0.3, -0.25) is 14.9 Å². The van der Waals surface area contributed by atoms with Crippen LogP contribution in [0.25, 0.3) is 0 Å². The standard InChI is InChI=1S/C22H27N3O5/c1-15-12-18(16(2)23(15)3)21(26)14-30-22(27)17-8-9-19(20(13-17)25(28)29)24-10-6-4-5-7-11-24/h8-9,12-13H,4-7,10-11,14H2,1-3H3. The maximum absolute atomic E-state index is 12.4. The number of carbonyl (C=O) groups is 2. The number of hydrogen-bond acceptors (Lipinski definition) is 6. The molecule has 2 heterocycles. The highest BCUT2D eigenvalue weighted by atomic mass is 16.6. The number of rotatable bonds is 6. The Morgan fingerprint density at radius 3 is 2.33 bits per heavy atom. The van der Waals surface area contributed by atoms with Crippen molar-refractivity contribution < 1.29 is 19.2 Å². The Morgan fingerprint density at radius 1 is 1.10 bits per heavy atom. The van der Waals surface area contributed by atoms with Crippen LogP contribution in [0.1, 0.15) is 57.8 Å². The number of Topliss-reactive ketones (excluding diaryl/α,β-unsaturated/α-hetero) is 1. The van der Waals surface area contributed by atoms with Gasteiger partial charge in [-0.15, -0.1) is 0 Å². The van der Waals surface area contributed by atoms with Crippen LogP contribution in [0.5, 0.6) is 0 Å². The minimum Gasteiger partial charge on any atom is -0.454 e. The number of hydrogen-bond donors (Lipinski definition) is 0. The average Bonchev–Trinajstić information content (AvgIpc) is 2.93. The topological polar surface area (TPSA) is 94.7 Å². The number of aromatic nitrogens is 1. The van der Waals surface area contributed by atoms with Crippen molar-refractivity contribution in [3.63, 3.8) is 0 Å². The predicted octanol–water partition coefficient (Wildman–Crippen LogP) is 3.97. The van der Waals surface area contributed by atoms with Crippen molar-refractivity contribution in [3.05, 3.63) is 56.9 Å². The molecular weight excluding hydrogens is 386 g/mol. The maximum Gasteiger partial charge on any atom is 0.338 e. The van der Waals surface area contributed by atoms with Gasteiger partial charge >= 0.3 is 5.97 Å². The van der Waals surface area contributed by atoms with Gasteiger partial charge in [-0.25, -0.2) is 4.79 Å². The van der Waals surface area contributed by atoms with Crippen molar-refractivity contribution in [1.29, 1.82) is 0 Å². The zero-order valence-corrected chi connectivity index (χ0v) is 17.6. The Kier molecular flexibility index (Phi) is 6.54. The Labute approximate surface area is 175 Å². The molecule has 8 heteroatoms. The van der Waals surface area contributed by atoms with Crippen LogP contribution in [-0.4, -0.2) is 40.9 Å². The van der Waals surface area contributed by atoms with E-state index in [1.54, 1.807) is 12.1 Å². The van der Waals surface area contributed by atoms with Crippen molar-refractivity contribution in [3.8, 4) is 0 Å². The number of ketones is 1. The molecule has 0 unspecified atom stereocenters. The van der Waals surface area contributed by atoms with Crippen LogP contribution in [0.2, 0.25) is 0 Å². The normalized spacial score (nSPS) is 14.3. The van der Waals surface area contributed by atoms with Crippen LogP contribution >= 0.6 is 0 Å². The average molecular weight is 413 g/mol. The van der Waals surface area contributed by atoms with Crippen LogP contribution in [0.15, 0.2) is 24.3 Å². The smallest absolute Gasteiger partial charge is 0.338 e. The lowest BCUT2D eigenvalue weighted by Crippen LogP contribution is -2.25. The predicted molar refractivity (Wildman–Crippen MR) is 113 cm³/mol. The summed E-state index contributed by atoms with van der Waals surface area (Å²) < 4.78 is 7.04. The second-order valence-corrected chi connectivity index (χ2v) is 7.70. The summed E-state index contributed by atoms with van der Waals surface area (Å²) >= 11 is 0. The molecule has 1 fully saturated rings. The third-order valence-corrected chi connectivity index (χ3v) is 5.76. The third-order valence-electron chi connectivity index (χ3n) is 5.76. The number of nitro benzene ring substituents is 1. The van der Waals surface area contributed by atoms with Gasteiger partial charge in [0.2, 0.25) is 5.78 Å². The molecule has 0 aliphatic carbocycles. The molecule has 8 nitrogen and oxygen atoms in total. The molecule has 1 aromatic carbocycles. The number of aryl methyl sites for hydroxylation is 1. The molecule has 0 bridgehead atoms. The minimum atomic E-state index is -0.751. The van der Waals surface area contributed by atoms with E-state index in [0.717, 1.165) is 50.2 Å². The quantitative estimate of drug-likeness (QED) is 0.308. The summed E-state index contributed by atoms with van der Waals surface area (Å²) in [5.74, 6) is -1.06. The van der Waals surface area contributed by atoms with E-state index in [1.165, 1.54) is 12.1 Å². The summed E-state index contributed by atoms with van der Waals surface area (Å²) in [6, 6.07) is 6.13. The monoisotopic (exact) mass is 413 g/mol. The second kappa shape index (κ2) is 9.11. The number of ether oxygens (including phenoxy) is 1. The van der Waals surface area contributed by atoms with Gasteiger partial charge in [0.15, 0.2) is 6.61 Å². The Balaban J connectivity index is 1.74. The van der Waals surface area contributed by atoms with Gasteiger partial charge in [-0.05, 0) is 44.9 Å². The Hall–Kier alpha value is -3.16. The molecule has 1 aliphatic heterocycles. The summed E-state index contributed by atoms with van der Waals surface area (Å²) in [6.07, 6.45) is 4.20. The minimum absolute atomic E-state index is 0.0639. The molecule has 0 saturated carbocycles. The number of esters is 1. The van der Waals surface area contributed by atoms with Crippen molar-refractivity contribution in [2.75, 3.05) is 24.6 Å². The third kappa shape index (κ3) is 4.53. The highest BCUT2D eigenvalue weighted by molar-refractivity contribution is 6.00. The van der Waals surface area contributed by atoms with Crippen molar-refractivity contribution in [2.45, 2.75) is 39.5 Å². The molecule has 3 rings (SSSR count). The number of anilines is 1. The summed E-state index contributed by atoms with van der Waals surface area (Å²) in [7, 11) is 1.86. The van der Waals surface area contributed by atoms with E-state index in [9.17, 15) is 19.7 Å². The maximum atomic E-state index is 12.4. The van der Waals surface area contributed by atoms with Gasteiger partial charge in [0.25, 0.3) is 5.69 Å². The van der Waals surface area contributed by atoms with E-state index in [-0.39, 0.29) is 17.0 Å². The molecule has 0 N–H and O–H groups in total. The number of nitrogens with zero attached hydrogens (tertiary/aromatic N) is 3. The zero-order chi connectivity index (χ0) is 21.8. The molecular formula is C22H27N3O5. The van der Waals surface area contributed by atoms with Gasteiger partial charge in [-0.1, -0.05) is 12.8 Å². The van der Waals surface area contributed by atoms with Crippen LogP contribution in [0.4, 0.5) is 11.4 Å². The van der Waals surface area contributed by atoms with Crippen LogP contribution < -0.4 is 4.90 Å². The number of carbonyl (C=O) groups excluding carboxylic acids is 2. The van der Waals surface area contributed by atoms with Crippen molar-refractivity contribution in [1.82, 2.24) is 4.57 Å². The van der Waals surface area contributed by atoms with Crippen molar-refractivity contribution >= 4 is 23.1 Å². The summed E-state index contributed by atoms with van der Waals surface area (Å²) in [4.78, 5) is 38.0. The lowest BCUT2D eigenvalue weighted by atomic mass is 10.1. The first-order chi connectivity index (χ1) is 14.3. The first kappa shape index (κ1) is 21.5. The molecule has 1 aromatic heterocycles. The van der Waals surface area contributed by atoms with Crippen LogP contribution in [0.3, 0.4) is 0 Å². The molecule has 1 saturated heterocycles. The molecule has 0 radical (unpaired) electrons. The summed E-state index contributed by atoms with van der Waals surface area (Å²) in [5, 5.41) is 11.6. The molecule has 30 heavy (non-hydrogen) atoms. The fourth-order valence-corrected chi connectivity index (χ4v) is 3.81. The number of benzene rings is 1. The van der Waals surface area contributed by atoms with Gasteiger partial charge in [0, 0.05) is 43.2 Å². The Bertz CT molecular complexity index is 971. The van der Waals surface area contributed by atoms with Crippen molar-refractivity contribution in [2.24, 2.45) is 7.05 Å². The van der Waals surface area contributed by atoms with E-state index in [0.29, 0.717) is 11.3 Å². The van der Waals surface area contributed by atoms with Gasteiger partial charge in [0.05, 0.1) is 10.5 Å². The van der Waals surface area contributed by atoms with E-state index < -0.39 is 17.5 Å². The zero-order valence-electron chi connectivity index (χ0n) is 17.6. The first-order valence-corrected chi connectivity index (χ1v) is 10.2. The van der Waals surface area contributed by atoms with E-state index in [4.69, 9.17) is 4.74 Å². The fourth-order valence-electron chi connectivity index (χ4n) is 3.81. The highest BCUT2D eigenvalue weighted by Crippen LogP contribution is 2.31. The lowest BCUT2D eigenvalue weighted by Gasteiger charge is -2.22. The van der Waals surface area contributed by atoms with E-state index in [2.05, 4.69) is 0 Å². The van der Waals surface area contributed by atoms with Gasteiger partial charge in [0.1, 0.15) is 5.69 Å². The Morgan fingerprint density at radius 2 is 1.77 bits per heavy atom. The largest absolute Gasteiger partial charge is 0.454 e. The van der Waals surface area contributed by atoms with Crippen LogP contribution in [-0.2, 0) is 11.8 Å². The highest BCUT2D eigenvalue weighted by Gasteiger charge is 2.24. The molecule has 1 aliphatic rings. The second-order valence-electron chi connectivity index (χ2n) is 7.70. The fraction of sp³-hybridized carbons (Fsp3) is 0.455. The summed E-state index contributed by atoms with van der Waals surface area (Å²) in [6.45, 7) is 4.82. The van der Waals surface area contributed by atoms with Gasteiger partial charge < -0.3 is 14.2 Å².